The van der Waals surface area contributed by atoms with Gasteiger partial charge < -0.3 is 15.7 Å². The van der Waals surface area contributed by atoms with Crippen LogP contribution in [0, 0.1) is 5.92 Å². The molecule has 1 aromatic carbocycles. The van der Waals surface area contributed by atoms with Gasteiger partial charge in [0.2, 0.25) is 5.91 Å². The van der Waals surface area contributed by atoms with Gasteiger partial charge in [0.25, 0.3) is 0 Å². The molecule has 2 heterocycles. The lowest BCUT2D eigenvalue weighted by Crippen LogP contribution is -2.32. The van der Waals surface area contributed by atoms with Gasteiger partial charge in [-0.3, -0.25) is 4.79 Å². The summed E-state index contributed by atoms with van der Waals surface area (Å²) in [5.41, 5.74) is 1.46. The van der Waals surface area contributed by atoms with Crippen molar-refractivity contribution < 1.29 is 14.7 Å². The van der Waals surface area contributed by atoms with Gasteiger partial charge in [0.05, 0.1) is 5.92 Å². The highest BCUT2D eigenvalue weighted by Crippen LogP contribution is 2.33. The molecule has 1 amide bonds. The molecule has 2 fully saturated rings. The molecule has 2 saturated heterocycles. The molecule has 2 bridgehead atoms. The fourth-order valence-corrected chi connectivity index (χ4v) is 3.24. The molecular weight excluding hydrogens is 268 g/mol. The summed E-state index contributed by atoms with van der Waals surface area (Å²) in [6, 6.07) is 8.00. The van der Waals surface area contributed by atoms with Crippen LogP contribution >= 0.6 is 0 Å². The van der Waals surface area contributed by atoms with E-state index in [9.17, 15) is 9.59 Å². The van der Waals surface area contributed by atoms with Crippen molar-refractivity contribution in [1.29, 1.82) is 0 Å². The van der Waals surface area contributed by atoms with Gasteiger partial charge in [-0.2, -0.15) is 0 Å². The minimum absolute atomic E-state index is 0.0435. The van der Waals surface area contributed by atoms with Crippen LogP contribution in [0.15, 0.2) is 30.3 Å². The zero-order chi connectivity index (χ0) is 14.8. The molecule has 0 aromatic heterocycles. The van der Waals surface area contributed by atoms with E-state index in [1.165, 1.54) is 12.5 Å². The summed E-state index contributed by atoms with van der Waals surface area (Å²) >= 11 is 0. The molecule has 3 atom stereocenters. The Morgan fingerprint density at radius 3 is 2.86 bits per heavy atom. The van der Waals surface area contributed by atoms with Gasteiger partial charge in [-0.15, -0.1) is 0 Å². The van der Waals surface area contributed by atoms with E-state index >= 15 is 0 Å². The van der Waals surface area contributed by atoms with Crippen LogP contribution in [0.4, 0.5) is 5.69 Å². The maximum absolute atomic E-state index is 12.3. The van der Waals surface area contributed by atoms with Gasteiger partial charge in [-0.25, -0.2) is 4.79 Å². The normalized spacial score (nSPS) is 27.1. The van der Waals surface area contributed by atoms with E-state index in [0.29, 0.717) is 17.8 Å². The van der Waals surface area contributed by atoms with Crippen molar-refractivity contribution in [3.05, 3.63) is 35.9 Å². The molecule has 3 rings (SSSR count). The van der Waals surface area contributed by atoms with Gasteiger partial charge >= 0.3 is 5.97 Å². The van der Waals surface area contributed by atoms with Crippen LogP contribution in [0.1, 0.15) is 24.8 Å². The lowest BCUT2D eigenvalue weighted by molar-refractivity contribution is -0.131. The molecule has 2 aliphatic heterocycles. The summed E-state index contributed by atoms with van der Waals surface area (Å²) in [6.45, 7) is 0. The van der Waals surface area contributed by atoms with Gasteiger partial charge in [-0.05, 0) is 43.0 Å². The summed E-state index contributed by atoms with van der Waals surface area (Å²) in [5.74, 6) is -0.895. The van der Waals surface area contributed by atoms with Crippen LogP contribution < -0.4 is 10.6 Å². The highest BCUT2D eigenvalue weighted by Gasteiger charge is 2.42. The largest absolute Gasteiger partial charge is 0.478 e. The lowest BCUT2D eigenvalue weighted by Gasteiger charge is -2.19. The molecule has 5 nitrogen and oxygen atoms in total. The van der Waals surface area contributed by atoms with E-state index in [1.807, 2.05) is 6.07 Å². The number of carboxylic acid groups (broad SMARTS) is 1. The molecule has 0 radical (unpaired) electrons. The third-order valence-corrected chi connectivity index (χ3v) is 4.21. The quantitative estimate of drug-likeness (QED) is 0.738. The van der Waals surface area contributed by atoms with E-state index in [4.69, 9.17) is 5.11 Å². The molecule has 21 heavy (non-hydrogen) atoms. The van der Waals surface area contributed by atoms with Crippen LogP contribution in [0.3, 0.4) is 0 Å². The first kappa shape index (κ1) is 13.8. The van der Waals surface area contributed by atoms with Gasteiger partial charge in [0.1, 0.15) is 0 Å². The van der Waals surface area contributed by atoms with Gasteiger partial charge in [0.15, 0.2) is 0 Å². The second-order valence-corrected chi connectivity index (χ2v) is 5.68. The number of carbonyl (C=O) groups excluding carboxylic acids is 1. The first-order valence-corrected chi connectivity index (χ1v) is 7.20. The highest BCUT2D eigenvalue weighted by atomic mass is 16.4. The monoisotopic (exact) mass is 286 g/mol. The van der Waals surface area contributed by atoms with Crippen molar-refractivity contribution in [2.75, 3.05) is 5.32 Å². The Labute approximate surface area is 123 Å². The number of amides is 1. The average molecular weight is 286 g/mol. The van der Waals surface area contributed by atoms with Crippen LogP contribution in [-0.2, 0) is 9.59 Å². The second kappa shape index (κ2) is 5.69. The summed E-state index contributed by atoms with van der Waals surface area (Å²) in [7, 11) is 0. The number of carbonyl (C=O) groups is 2. The zero-order valence-electron chi connectivity index (χ0n) is 11.6. The number of nitrogens with one attached hydrogen (secondary N) is 2. The van der Waals surface area contributed by atoms with Crippen LogP contribution in [0.5, 0.6) is 0 Å². The zero-order valence-corrected chi connectivity index (χ0v) is 11.6. The number of hydrogen-bond acceptors (Lipinski definition) is 3. The van der Waals surface area contributed by atoms with Crippen LogP contribution in [0.25, 0.3) is 6.08 Å². The molecule has 1 aromatic rings. The fourth-order valence-electron chi connectivity index (χ4n) is 3.24. The molecule has 5 heteroatoms. The van der Waals surface area contributed by atoms with Crippen molar-refractivity contribution in [2.45, 2.75) is 31.3 Å². The lowest BCUT2D eigenvalue weighted by atomic mass is 9.88. The van der Waals surface area contributed by atoms with Crippen molar-refractivity contribution in [3.8, 4) is 0 Å². The highest BCUT2D eigenvalue weighted by molar-refractivity contribution is 5.94. The minimum atomic E-state index is -0.988. The third-order valence-electron chi connectivity index (χ3n) is 4.21. The maximum atomic E-state index is 12.3. The Hall–Kier alpha value is -2.14. The van der Waals surface area contributed by atoms with Crippen LogP contribution in [-0.4, -0.2) is 29.1 Å². The summed E-state index contributed by atoms with van der Waals surface area (Å²) in [5, 5.41) is 15.0. The smallest absolute Gasteiger partial charge is 0.328 e. The van der Waals surface area contributed by atoms with Gasteiger partial charge in [0, 0.05) is 23.8 Å². The van der Waals surface area contributed by atoms with Crippen molar-refractivity contribution in [3.63, 3.8) is 0 Å². The molecule has 2 aliphatic rings. The topological polar surface area (TPSA) is 78.4 Å². The van der Waals surface area contributed by atoms with Crippen molar-refractivity contribution >= 4 is 23.6 Å². The van der Waals surface area contributed by atoms with Gasteiger partial charge in [-0.1, -0.05) is 12.1 Å². The third kappa shape index (κ3) is 3.13. The maximum Gasteiger partial charge on any atom is 0.328 e. The molecule has 0 saturated carbocycles. The Morgan fingerprint density at radius 1 is 1.33 bits per heavy atom. The number of rotatable bonds is 4. The standard InChI is InChI=1S/C16H18N2O3/c19-15(20)7-4-10-2-1-3-11(8-10)18-16(21)13-9-12-5-6-14(13)17-12/h1-4,7-8,12-14,17H,5-6,9H2,(H,18,21)(H,19,20)/b7-4+. The van der Waals surface area contributed by atoms with Crippen LogP contribution in [0.2, 0.25) is 0 Å². The molecule has 110 valence electrons. The fraction of sp³-hybridized carbons (Fsp3) is 0.375. The summed E-state index contributed by atoms with van der Waals surface area (Å²) < 4.78 is 0. The van der Waals surface area contributed by atoms with E-state index in [-0.39, 0.29) is 11.8 Å². The molecule has 0 spiro atoms. The molecule has 0 aliphatic carbocycles. The SMILES string of the molecule is O=C(O)/C=C/c1cccc(NC(=O)C2CC3CCC2N3)c1. The number of anilines is 1. The number of aliphatic carboxylic acids is 1. The average Bonchev–Trinajstić information content (AvgIpc) is 3.08. The Kier molecular flexibility index (Phi) is 3.75. The van der Waals surface area contributed by atoms with Crippen molar-refractivity contribution in [2.24, 2.45) is 5.92 Å². The Morgan fingerprint density at radius 2 is 2.19 bits per heavy atom. The van der Waals surface area contributed by atoms with Crippen molar-refractivity contribution in [1.82, 2.24) is 5.32 Å². The van der Waals surface area contributed by atoms with E-state index in [2.05, 4.69) is 10.6 Å². The summed E-state index contributed by atoms with van der Waals surface area (Å²) in [6.07, 6.45) is 5.75. The number of fused-ring (bicyclic) bond motifs is 2. The summed E-state index contributed by atoms with van der Waals surface area (Å²) in [4.78, 5) is 22.8. The Bertz CT molecular complexity index is 597. The molecule has 3 N–H and O–H groups in total. The predicted octanol–water partition coefficient (Wildman–Crippen LogP) is 1.86. The Balaban J connectivity index is 1.66. The van der Waals surface area contributed by atoms with E-state index in [1.54, 1.807) is 18.2 Å². The van der Waals surface area contributed by atoms with E-state index < -0.39 is 5.97 Å². The van der Waals surface area contributed by atoms with E-state index in [0.717, 1.165) is 24.5 Å². The minimum Gasteiger partial charge on any atom is -0.478 e. The first-order chi connectivity index (χ1) is 10.1. The second-order valence-electron chi connectivity index (χ2n) is 5.68. The number of carboxylic acids is 1. The molecule has 3 unspecified atom stereocenters. The molecular formula is C16H18N2O3. The predicted molar refractivity (Wildman–Crippen MR) is 79.8 cm³/mol. The number of hydrogen-bond donors (Lipinski definition) is 3. The number of benzene rings is 1. The first-order valence-electron chi connectivity index (χ1n) is 7.20.